The van der Waals surface area contributed by atoms with Gasteiger partial charge in [0.15, 0.2) is 6.29 Å². The summed E-state index contributed by atoms with van der Waals surface area (Å²) >= 11 is 0. The molecule has 0 aromatic carbocycles. The number of aliphatic hydroxyl groups excluding tert-OH is 4. The van der Waals surface area contributed by atoms with Crippen LogP contribution in [0.1, 0.15) is 12.8 Å². The van der Waals surface area contributed by atoms with E-state index < -0.39 is 49.0 Å². The molecule has 1 aliphatic heterocycles. The molecule has 0 bridgehead atoms. The summed E-state index contributed by atoms with van der Waals surface area (Å²) < 4.78 is 10.9. The molecule has 0 amide bonds. The van der Waals surface area contributed by atoms with Gasteiger partial charge in [0, 0.05) is 18.6 Å². The average Bonchev–Trinajstić information content (AvgIpc) is 2.42. The van der Waals surface area contributed by atoms with Crippen molar-refractivity contribution in [3.8, 4) is 0 Å². The molecule has 21 heavy (non-hydrogen) atoms. The standard InChI is InChI=1S/C12H25N3O6/c13-3-7-8(17)9(18)10(19)12(20-7)21-11-5(15)1-4(14)2-6(11)16/h4-12,16-19H,1-3,13-15H2/t4-,5+,6-,7-,8-,9+,10-,11-,12-/m1/s1. The van der Waals surface area contributed by atoms with Crippen LogP contribution in [0.3, 0.4) is 0 Å². The largest absolute Gasteiger partial charge is 0.390 e. The van der Waals surface area contributed by atoms with Crippen LogP contribution in [0.4, 0.5) is 0 Å². The molecule has 1 heterocycles. The first-order valence-corrected chi connectivity index (χ1v) is 7.09. The van der Waals surface area contributed by atoms with Gasteiger partial charge < -0.3 is 47.1 Å². The van der Waals surface area contributed by atoms with Crippen molar-refractivity contribution in [3.05, 3.63) is 0 Å². The molecule has 2 rings (SSSR count). The van der Waals surface area contributed by atoms with E-state index in [1.165, 1.54) is 0 Å². The Balaban J connectivity index is 2.03. The molecule has 0 spiro atoms. The molecule has 1 aliphatic carbocycles. The zero-order chi connectivity index (χ0) is 15.7. The second-order valence-electron chi connectivity index (χ2n) is 5.81. The van der Waals surface area contributed by atoms with Gasteiger partial charge in [-0.2, -0.15) is 0 Å². The van der Waals surface area contributed by atoms with Gasteiger partial charge in [-0.15, -0.1) is 0 Å². The van der Waals surface area contributed by atoms with Crippen molar-refractivity contribution >= 4 is 0 Å². The Bertz CT molecular complexity index is 335. The van der Waals surface area contributed by atoms with E-state index in [2.05, 4.69) is 0 Å². The van der Waals surface area contributed by atoms with Crippen molar-refractivity contribution in [3.63, 3.8) is 0 Å². The fourth-order valence-electron chi connectivity index (χ4n) is 2.88. The van der Waals surface area contributed by atoms with Crippen LogP contribution in [0.5, 0.6) is 0 Å². The zero-order valence-corrected chi connectivity index (χ0v) is 11.7. The SMILES string of the molecule is NC[C@H]1O[C@H](O[C@H]2[C@H](O)C[C@H](N)C[C@@H]2N)[C@H](O)[C@@H](O)[C@@H]1O. The van der Waals surface area contributed by atoms with Crippen LogP contribution in [0.15, 0.2) is 0 Å². The van der Waals surface area contributed by atoms with E-state index in [4.69, 9.17) is 26.7 Å². The first-order valence-electron chi connectivity index (χ1n) is 7.09. The third-order valence-corrected chi connectivity index (χ3v) is 4.11. The minimum atomic E-state index is -1.46. The molecule has 0 radical (unpaired) electrons. The number of ether oxygens (including phenoxy) is 2. The van der Waals surface area contributed by atoms with E-state index in [9.17, 15) is 20.4 Å². The normalized spacial score (nSPS) is 51.9. The van der Waals surface area contributed by atoms with E-state index in [-0.39, 0.29) is 12.6 Å². The summed E-state index contributed by atoms with van der Waals surface area (Å²) in [6.07, 6.45) is -7.17. The van der Waals surface area contributed by atoms with E-state index in [1.807, 2.05) is 0 Å². The molecule has 9 heteroatoms. The van der Waals surface area contributed by atoms with Gasteiger partial charge in [-0.1, -0.05) is 0 Å². The molecule has 9 atom stereocenters. The van der Waals surface area contributed by atoms with Crippen molar-refractivity contribution in [1.29, 1.82) is 0 Å². The summed E-state index contributed by atoms with van der Waals surface area (Å²) in [5, 5.41) is 39.4. The monoisotopic (exact) mass is 307 g/mol. The highest BCUT2D eigenvalue weighted by Gasteiger charge is 2.46. The molecule has 2 fully saturated rings. The molecule has 1 saturated heterocycles. The molecular weight excluding hydrogens is 282 g/mol. The van der Waals surface area contributed by atoms with Gasteiger partial charge >= 0.3 is 0 Å². The van der Waals surface area contributed by atoms with Gasteiger partial charge in [-0.3, -0.25) is 0 Å². The van der Waals surface area contributed by atoms with Gasteiger partial charge in [0.05, 0.1) is 6.10 Å². The maximum atomic E-state index is 10.0. The lowest BCUT2D eigenvalue weighted by Gasteiger charge is -2.44. The Morgan fingerprint density at radius 2 is 1.67 bits per heavy atom. The predicted octanol–water partition coefficient (Wildman–Crippen LogP) is -4.05. The highest BCUT2D eigenvalue weighted by Crippen LogP contribution is 2.27. The van der Waals surface area contributed by atoms with Crippen LogP contribution >= 0.6 is 0 Å². The Hall–Kier alpha value is -0.360. The molecule has 9 nitrogen and oxygen atoms in total. The Labute approximate surface area is 122 Å². The second kappa shape index (κ2) is 6.82. The first kappa shape index (κ1) is 17.0. The maximum absolute atomic E-state index is 10.0. The van der Waals surface area contributed by atoms with Crippen LogP contribution < -0.4 is 17.2 Å². The summed E-state index contributed by atoms with van der Waals surface area (Å²) in [7, 11) is 0. The van der Waals surface area contributed by atoms with Crippen LogP contribution in [-0.2, 0) is 9.47 Å². The van der Waals surface area contributed by atoms with Crippen LogP contribution in [0, 0.1) is 0 Å². The van der Waals surface area contributed by atoms with E-state index >= 15 is 0 Å². The smallest absolute Gasteiger partial charge is 0.187 e. The lowest BCUT2D eigenvalue weighted by Crippen LogP contribution is -2.63. The molecule has 1 saturated carbocycles. The summed E-state index contributed by atoms with van der Waals surface area (Å²) in [6, 6.07) is -0.726. The first-order chi connectivity index (χ1) is 9.85. The second-order valence-corrected chi connectivity index (χ2v) is 5.81. The fraction of sp³-hybridized carbons (Fsp3) is 1.00. The topological polar surface area (TPSA) is 177 Å². The molecule has 0 unspecified atom stereocenters. The minimum Gasteiger partial charge on any atom is -0.390 e. The van der Waals surface area contributed by atoms with Crippen LogP contribution in [0.25, 0.3) is 0 Å². The molecule has 2 aliphatic rings. The molecular formula is C12H25N3O6. The lowest BCUT2D eigenvalue weighted by atomic mass is 9.87. The molecule has 0 aromatic heterocycles. The third kappa shape index (κ3) is 3.52. The lowest BCUT2D eigenvalue weighted by molar-refractivity contribution is -0.314. The van der Waals surface area contributed by atoms with Crippen molar-refractivity contribution in [2.75, 3.05) is 6.54 Å². The molecule has 10 N–H and O–H groups in total. The summed E-state index contributed by atoms with van der Waals surface area (Å²) in [5.41, 5.74) is 17.1. The zero-order valence-electron chi connectivity index (χ0n) is 11.7. The predicted molar refractivity (Wildman–Crippen MR) is 71.8 cm³/mol. The van der Waals surface area contributed by atoms with E-state index in [0.29, 0.717) is 12.8 Å². The number of rotatable bonds is 3. The Morgan fingerprint density at radius 1 is 1.00 bits per heavy atom. The van der Waals surface area contributed by atoms with Gasteiger partial charge in [0.2, 0.25) is 0 Å². The van der Waals surface area contributed by atoms with E-state index in [0.717, 1.165) is 0 Å². The summed E-state index contributed by atoms with van der Waals surface area (Å²) in [4.78, 5) is 0. The quantitative estimate of drug-likeness (QED) is 0.273. The fourth-order valence-corrected chi connectivity index (χ4v) is 2.88. The van der Waals surface area contributed by atoms with Gasteiger partial charge in [-0.05, 0) is 12.8 Å². The van der Waals surface area contributed by atoms with Gasteiger partial charge in [-0.25, -0.2) is 0 Å². The Morgan fingerprint density at radius 3 is 2.24 bits per heavy atom. The Kier molecular flexibility index (Phi) is 5.52. The number of hydrogen-bond acceptors (Lipinski definition) is 9. The van der Waals surface area contributed by atoms with Crippen molar-refractivity contribution < 1.29 is 29.9 Å². The highest BCUT2D eigenvalue weighted by molar-refractivity contribution is 4.94. The average molecular weight is 307 g/mol. The summed E-state index contributed by atoms with van der Waals surface area (Å²) in [5.74, 6) is 0. The highest BCUT2D eigenvalue weighted by atomic mass is 16.7. The third-order valence-electron chi connectivity index (χ3n) is 4.11. The van der Waals surface area contributed by atoms with Gasteiger partial charge in [0.25, 0.3) is 0 Å². The summed E-state index contributed by atoms with van der Waals surface area (Å²) in [6.45, 7) is -0.0467. The number of hydrogen-bond donors (Lipinski definition) is 7. The number of nitrogens with two attached hydrogens (primary N) is 3. The van der Waals surface area contributed by atoms with Crippen molar-refractivity contribution in [2.45, 2.75) is 67.8 Å². The maximum Gasteiger partial charge on any atom is 0.187 e. The minimum absolute atomic E-state index is 0.0467. The number of aliphatic hydroxyl groups is 4. The molecule has 0 aromatic rings. The van der Waals surface area contributed by atoms with Crippen LogP contribution in [0.2, 0.25) is 0 Å². The van der Waals surface area contributed by atoms with Crippen molar-refractivity contribution in [2.24, 2.45) is 17.2 Å². The van der Waals surface area contributed by atoms with E-state index in [1.54, 1.807) is 0 Å². The van der Waals surface area contributed by atoms with Gasteiger partial charge in [0.1, 0.15) is 30.5 Å². The van der Waals surface area contributed by atoms with Crippen LogP contribution in [-0.4, -0.2) is 82.0 Å². The molecule has 124 valence electrons. The van der Waals surface area contributed by atoms with Crippen molar-refractivity contribution in [1.82, 2.24) is 0 Å².